The first-order valence-electron chi connectivity index (χ1n) is 11.5. The van der Waals surface area contributed by atoms with Gasteiger partial charge in [0.2, 0.25) is 5.91 Å². The zero-order chi connectivity index (χ0) is 28.1. The smallest absolute Gasteiger partial charge is 0.366 e. The summed E-state index contributed by atoms with van der Waals surface area (Å²) in [6.07, 6.45) is -4.72. The second-order valence-electron chi connectivity index (χ2n) is 8.73. The lowest BCUT2D eigenvalue weighted by Gasteiger charge is -2.12. The average Bonchev–Trinajstić information content (AvgIpc) is 3.43. The Kier molecular flexibility index (Phi) is 6.05. The summed E-state index contributed by atoms with van der Waals surface area (Å²) in [6.45, 7) is 1.69. The summed E-state index contributed by atoms with van der Waals surface area (Å²) in [4.78, 5) is 36.9. The first kappa shape index (κ1) is 25.4. The molecule has 13 heteroatoms. The molecule has 39 heavy (non-hydrogen) atoms. The van der Waals surface area contributed by atoms with Crippen LogP contribution in [0.2, 0.25) is 0 Å². The van der Waals surface area contributed by atoms with E-state index in [1.165, 1.54) is 46.6 Å². The van der Waals surface area contributed by atoms with Gasteiger partial charge >= 0.3 is 11.9 Å². The number of carbonyl (C=O) groups is 2. The van der Waals surface area contributed by atoms with Crippen molar-refractivity contribution in [3.05, 3.63) is 99.9 Å². The highest BCUT2D eigenvalue weighted by atomic mass is 19.4. The minimum atomic E-state index is -4.72. The zero-order valence-corrected chi connectivity index (χ0v) is 20.5. The Labute approximate surface area is 218 Å². The number of fused-ring (bicyclic) bond motifs is 1. The number of benzene rings is 2. The molecule has 0 unspecified atom stereocenters. The number of halogens is 3. The Balaban J connectivity index is 1.56. The summed E-state index contributed by atoms with van der Waals surface area (Å²) in [5.41, 5.74) is 5.28. The lowest BCUT2D eigenvalue weighted by molar-refractivity contribution is -0.137. The van der Waals surface area contributed by atoms with Gasteiger partial charge in [-0.25, -0.2) is 18.6 Å². The van der Waals surface area contributed by atoms with Crippen LogP contribution in [0.3, 0.4) is 0 Å². The van der Waals surface area contributed by atoms with Gasteiger partial charge in [0.05, 0.1) is 22.5 Å². The number of nitrogens with two attached hydrogens (primary N) is 1. The summed E-state index contributed by atoms with van der Waals surface area (Å²) in [5, 5.41) is 11.0. The molecule has 0 aliphatic heterocycles. The third-order valence-corrected chi connectivity index (χ3v) is 6.03. The lowest BCUT2D eigenvalue weighted by atomic mass is 10.1. The number of pyridine rings is 1. The van der Waals surface area contributed by atoms with Crippen LogP contribution in [0.4, 0.5) is 18.9 Å². The number of hydrogen-bond donors (Lipinski definition) is 2. The number of primary amides is 1. The highest BCUT2D eigenvalue weighted by molar-refractivity contribution is 6.04. The molecule has 0 aliphatic rings. The van der Waals surface area contributed by atoms with Crippen molar-refractivity contribution in [3.8, 4) is 16.9 Å². The molecule has 10 nitrogen and oxygen atoms in total. The fraction of sp³-hybridized carbons (Fsp3) is 0.115. The van der Waals surface area contributed by atoms with Crippen LogP contribution in [-0.4, -0.2) is 35.8 Å². The molecule has 0 spiro atoms. The monoisotopic (exact) mass is 535 g/mol. The van der Waals surface area contributed by atoms with Crippen LogP contribution in [0, 0.1) is 6.92 Å². The second-order valence-corrected chi connectivity index (χ2v) is 8.73. The van der Waals surface area contributed by atoms with Gasteiger partial charge in [-0.05, 0) is 55.5 Å². The Morgan fingerprint density at radius 3 is 2.31 bits per heavy atom. The van der Waals surface area contributed by atoms with Gasteiger partial charge in [0.15, 0.2) is 0 Å². The molecule has 5 aromatic rings. The summed E-state index contributed by atoms with van der Waals surface area (Å²) >= 11 is 0. The van der Waals surface area contributed by atoms with Gasteiger partial charge in [-0.15, -0.1) is 0 Å². The first-order chi connectivity index (χ1) is 18.4. The van der Waals surface area contributed by atoms with Crippen LogP contribution < -0.4 is 16.7 Å². The Morgan fingerprint density at radius 2 is 1.69 bits per heavy atom. The van der Waals surface area contributed by atoms with Gasteiger partial charge in [-0.2, -0.15) is 23.4 Å². The first-order valence-corrected chi connectivity index (χ1v) is 11.5. The van der Waals surface area contributed by atoms with E-state index in [0.29, 0.717) is 28.8 Å². The Morgan fingerprint density at radius 1 is 0.974 bits per heavy atom. The van der Waals surface area contributed by atoms with Crippen molar-refractivity contribution in [3.63, 3.8) is 0 Å². The molecule has 2 amide bonds. The van der Waals surface area contributed by atoms with Crippen molar-refractivity contribution in [1.82, 2.24) is 24.0 Å². The summed E-state index contributed by atoms with van der Waals surface area (Å²) in [7, 11) is 1.54. The molecular formula is C26H20F3N7O3. The van der Waals surface area contributed by atoms with Crippen molar-refractivity contribution in [1.29, 1.82) is 0 Å². The molecule has 0 saturated carbocycles. The topological polar surface area (TPSA) is 129 Å². The predicted octanol–water partition coefficient (Wildman–Crippen LogP) is 3.56. The fourth-order valence-electron chi connectivity index (χ4n) is 4.18. The van der Waals surface area contributed by atoms with Crippen LogP contribution >= 0.6 is 0 Å². The minimum absolute atomic E-state index is 0.0410. The number of aromatic nitrogens is 5. The van der Waals surface area contributed by atoms with Crippen LogP contribution in [0.15, 0.2) is 71.5 Å². The van der Waals surface area contributed by atoms with Crippen LogP contribution in [0.25, 0.3) is 22.5 Å². The lowest BCUT2D eigenvalue weighted by Crippen LogP contribution is -2.21. The molecule has 3 heterocycles. The summed E-state index contributed by atoms with van der Waals surface area (Å²) < 4.78 is 44.8. The van der Waals surface area contributed by atoms with Crippen LogP contribution in [0.5, 0.6) is 0 Å². The predicted molar refractivity (Wildman–Crippen MR) is 136 cm³/mol. The van der Waals surface area contributed by atoms with E-state index in [-0.39, 0.29) is 28.2 Å². The third kappa shape index (κ3) is 4.77. The summed E-state index contributed by atoms with van der Waals surface area (Å²) in [5.74, 6) is -1.11. The number of anilines is 1. The SMILES string of the molecule is Cc1nn(C)c(=O)n1-c1ccc(-c2cc3cc(C(F)(F)F)cc(C(=O)Nc4cccc(C(N)=O)c4)n3n2)cc1. The number of carbonyl (C=O) groups excluding carboxylic acids is 2. The molecule has 0 atom stereocenters. The van der Waals surface area contributed by atoms with Crippen molar-refractivity contribution < 1.29 is 22.8 Å². The molecule has 198 valence electrons. The highest BCUT2D eigenvalue weighted by Crippen LogP contribution is 2.32. The maximum Gasteiger partial charge on any atom is 0.416 e. The van der Waals surface area contributed by atoms with Gasteiger partial charge in [0, 0.05) is 23.9 Å². The minimum Gasteiger partial charge on any atom is -0.366 e. The number of amides is 2. The maximum atomic E-state index is 13.7. The van der Waals surface area contributed by atoms with Crippen LogP contribution in [0.1, 0.15) is 32.2 Å². The van der Waals surface area contributed by atoms with E-state index in [2.05, 4.69) is 15.5 Å². The highest BCUT2D eigenvalue weighted by Gasteiger charge is 2.33. The van der Waals surface area contributed by atoms with E-state index in [1.54, 1.807) is 31.2 Å². The largest absolute Gasteiger partial charge is 0.416 e. The molecule has 0 bridgehead atoms. The van der Waals surface area contributed by atoms with Gasteiger partial charge < -0.3 is 11.1 Å². The van der Waals surface area contributed by atoms with Gasteiger partial charge in [0.25, 0.3) is 5.91 Å². The van der Waals surface area contributed by atoms with Crippen molar-refractivity contribution >= 4 is 23.0 Å². The number of aryl methyl sites for hydroxylation is 2. The number of rotatable bonds is 5. The Bertz CT molecular complexity index is 1820. The van der Waals surface area contributed by atoms with Crippen LogP contribution in [-0.2, 0) is 13.2 Å². The van der Waals surface area contributed by atoms with E-state index in [9.17, 15) is 27.6 Å². The molecule has 3 aromatic heterocycles. The van der Waals surface area contributed by atoms with Crippen molar-refractivity contribution in [2.75, 3.05) is 5.32 Å². The average molecular weight is 535 g/mol. The molecule has 3 N–H and O–H groups in total. The Hall–Kier alpha value is -5.20. The quantitative estimate of drug-likeness (QED) is 0.356. The van der Waals surface area contributed by atoms with E-state index in [1.807, 2.05) is 0 Å². The molecule has 0 radical (unpaired) electrons. The standard InChI is InChI=1S/C26H20F3N7O3/c1-14-32-34(2)25(39)35(14)19-8-6-15(7-9-19)21-13-20-11-17(26(27,28)29)12-22(36(20)33-21)24(38)31-18-5-3-4-16(10-18)23(30)37/h3-13H,1-2H3,(H2,30,37)(H,31,38). The van der Waals surface area contributed by atoms with Crippen molar-refractivity contribution in [2.45, 2.75) is 13.1 Å². The fourth-order valence-corrected chi connectivity index (χ4v) is 4.18. The molecule has 0 saturated heterocycles. The van der Waals surface area contributed by atoms with E-state index < -0.39 is 23.6 Å². The number of hydrogen-bond acceptors (Lipinski definition) is 5. The van der Waals surface area contributed by atoms with Gasteiger partial charge in [-0.3, -0.25) is 9.59 Å². The molecule has 2 aromatic carbocycles. The number of nitrogens with one attached hydrogen (secondary N) is 1. The number of nitrogens with zero attached hydrogens (tertiary/aromatic N) is 5. The molecule has 5 rings (SSSR count). The summed E-state index contributed by atoms with van der Waals surface area (Å²) in [6, 6.07) is 15.4. The molecule has 0 aliphatic carbocycles. The molecule has 0 fully saturated rings. The molecular weight excluding hydrogens is 515 g/mol. The number of alkyl halides is 3. The second kappa shape index (κ2) is 9.28. The van der Waals surface area contributed by atoms with Gasteiger partial charge in [0.1, 0.15) is 11.5 Å². The normalized spacial score (nSPS) is 11.6. The maximum absolute atomic E-state index is 13.7. The van der Waals surface area contributed by atoms with Gasteiger partial charge in [-0.1, -0.05) is 18.2 Å². The van der Waals surface area contributed by atoms with E-state index >= 15 is 0 Å². The van der Waals surface area contributed by atoms with E-state index in [4.69, 9.17) is 5.73 Å². The third-order valence-electron chi connectivity index (χ3n) is 6.03. The van der Waals surface area contributed by atoms with E-state index in [0.717, 1.165) is 10.6 Å². The van der Waals surface area contributed by atoms with Crippen molar-refractivity contribution in [2.24, 2.45) is 12.8 Å². The zero-order valence-electron chi connectivity index (χ0n) is 20.5.